The highest BCUT2D eigenvalue weighted by atomic mass is 79.9. The second-order valence-corrected chi connectivity index (χ2v) is 6.03. The Labute approximate surface area is 134 Å². The molecular formula is C16H19Br2N. The summed E-state index contributed by atoms with van der Waals surface area (Å²) in [6, 6.07) is 17.1. The number of rotatable bonds is 3. The average Bonchev–Trinajstić information content (AvgIpc) is 2.33. The summed E-state index contributed by atoms with van der Waals surface area (Å²) in [6.45, 7) is 3.12. The molecule has 0 amide bonds. The van der Waals surface area contributed by atoms with E-state index in [4.69, 9.17) is 0 Å². The molecular weight excluding hydrogens is 366 g/mol. The molecule has 0 N–H and O–H groups in total. The van der Waals surface area contributed by atoms with E-state index in [0.717, 1.165) is 11.0 Å². The number of hydrogen-bond acceptors (Lipinski definition) is 0. The number of quaternary nitrogens is 1. The monoisotopic (exact) mass is 383 g/mol. The lowest BCUT2D eigenvalue weighted by atomic mass is 10.1. The predicted octanol–water partition coefficient (Wildman–Crippen LogP) is 1.53. The molecule has 0 aliphatic heterocycles. The van der Waals surface area contributed by atoms with Crippen LogP contribution in [0.3, 0.4) is 0 Å². The summed E-state index contributed by atoms with van der Waals surface area (Å²) in [5.74, 6) is 0. The van der Waals surface area contributed by atoms with E-state index in [-0.39, 0.29) is 17.0 Å². The van der Waals surface area contributed by atoms with Gasteiger partial charge in [-0.2, -0.15) is 0 Å². The summed E-state index contributed by atoms with van der Waals surface area (Å²) in [6.07, 6.45) is 0. The lowest BCUT2D eigenvalue weighted by molar-refractivity contribution is -0.00000387. The van der Waals surface area contributed by atoms with Crippen LogP contribution in [0, 0.1) is 6.92 Å². The second-order valence-electron chi connectivity index (χ2n) is 5.24. The van der Waals surface area contributed by atoms with E-state index < -0.39 is 0 Å². The maximum absolute atomic E-state index is 3.71. The Morgan fingerprint density at radius 2 is 1.58 bits per heavy atom. The fourth-order valence-corrected chi connectivity index (χ4v) is 2.97. The minimum Gasteiger partial charge on any atom is -1.00 e. The van der Waals surface area contributed by atoms with E-state index in [1.54, 1.807) is 0 Å². The third kappa shape index (κ3) is 3.91. The van der Waals surface area contributed by atoms with Crippen LogP contribution in [0.2, 0.25) is 0 Å². The topological polar surface area (TPSA) is 0 Å². The van der Waals surface area contributed by atoms with Crippen LogP contribution in [0.15, 0.2) is 53.0 Å². The lowest BCUT2D eigenvalue weighted by Crippen LogP contribution is -3.00. The molecule has 1 nitrogen and oxygen atoms in total. The van der Waals surface area contributed by atoms with Gasteiger partial charge >= 0.3 is 0 Å². The van der Waals surface area contributed by atoms with Crippen LogP contribution in [0.4, 0.5) is 5.69 Å². The molecule has 19 heavy (non-hydrogen) atoms. The fourth-order valence-electron chi connectivity index (χ4n) is 2.22. The van der Waals surface area contributed by atoms with Gasteiger partial charge < -0.3 is 17.0 Å². The van der Waals surface area contributed by atoms with Crippen molar-refractivity contribution in [3.8, 4) is 0 Å². The first-order valence-electron chi connectivity index (χ1n) is 6.13. The smallest absolute Gasteiger partial charge is 0.147 e. The number of benzene rings is 2. The van der Waals surface area contributed by atoms with Crippen LogP contribution >= 0.6 is 15.9 Å². The van der Waals surface area contributed by atoms with Gasteiger partial charge in [0.05, 0.1) is 18.6 Å². The molecule has 0 fully saturated rings. The van der Waals surface area contributed by atoms with Crippen molar-refractivity contribution in [2.24, 2.45) is 0 Å². The van der Waals surface area contributed by atoms with Crippen molar-refractivity contribution in [3.63, 3.8) is 0 Å². The van der Waals surface area contributed by atoms with Crippen molar-refractivity contribution in [1.29, 1.82) is 0 Å². The molecule has 0 radical (unpaired) electrons. The van der Waals surface area contributed by atoms with Crippen molar-refractivity contribution < 1.29 is 17.0 Å². The van der Waals surface area contributed by atoms with E-state index in [1.165, 1.54) is 21.3 Å². The minimum atomic E-state index is 0. The Morgan fingerprint density at radius 3 is 2.21 bits per heavy atom. The Morgan fingerprint density at radius 1 is 0.947 bits per heavy atom. The largest absolute Gasteiger partial charge is 1.00 e. The maximum Gasteiger partial charge on any atom is 0.147 e. The second kappa shape index (κ2) is 6.69. The fraction of sp³-hybridized carbons (Fsp3) is 0.250. The number of aryl methyl sites for hydroxylation is 1. The Hall–Kier alpha value is -0.640. The summed E-state index contributed by atoms with van der Waals surface area (Å²) in [7, 11) is 4.49. The molecule has 102 valence electrons. The molecule has 0 saturated carbocycles. The van der Waals surface area contributed by atoms with Gasteiger partial charge in [0.2, 0.25) is 0 Å². The van der Waals surface area contributed by atoms with Crippen LogP contribution in [-0.2, 0) is 6.54 Å². The first kappa shape index (κ1) is 16.4. The Kier molecular flexibility index (Phi) is 5.78. The standard InChI is InChI=1S/C16H19BrN.BrH/c1-13-8-7-11-15(16(13)17)18(2,3)12-14-9-5-4-6-10-14;/h4-11H,12H2,1-3H3;1H/q+1;/p-1. The van der Waals surface area contributed by atoms with Crippen LogP contribution in [0.25, 0.3) is 0 Å². The zero-order valence-electron chi connectivity index (χ0n) is 11.5. The van der Waals surface area contributed by atoms with Crippen molar-refractivity contribution in [1.82, 2.24) is 4.48 Å². The number of hydrogen-bond donors (Lipinski definition) is 0. The molecule has 0 bridgehead atoms. The maximum atomic E-state index is 3.71. The molecule has 0 atom stereocenters. The van der Waals surface area contributed by atoms with Crippen molar-refractivity contribution in [2.75, 3.05) is 14.1 Å². The highest BCUT2D eigenvalue weighted by Crippen LogP contribution is 2.33. The van der Waals surface area contributed by atoms with Gasteiger partial charge in [-0.1, -0.05) is 42.5 Å². The SMILES string of the molecule is Cc1cccc([N+](C)(C)Cc2ccccc2)c1Br.[Br-]. The van der Waals surface area contributed by atoms with Gasteiger partial charge in [0.15, 0.2) is 0 Å². The molecule has 2 aromatic carbocycles. The normalized spacial score (nSPS) is 10.9. The van der Waals surface area contributed by atoms with E-state index in [9.17, 15) is 0 Å². The zero-order valence-corrected chi connectivity index (χ0v) is 14.7. The van der Waals surface area contributed by atoms with Gasteiger partial charge in [0, 0.05) is 11.6 Å². The van der Waals surface area contributed by atoms with E-state index >= 15 is 0 Å². The summed E-state index contributed by atoms with van der Waals surface area (Å²) >= 11 is 3.71. The van der Waals surface area contributed by atoms with Crippen LogP contribution in [0.5, 0.6) is 0 Å². The van der Waals surface area contributed by atoms with Gasteiger partial charge in [0.25, 0.3) is 0 Å². The third-order valence-corrected chi connectivity index (χ3v) is 4.28. The highest BCUT2D eigenvalue weighted by Gasteiger charge is 2.23. The van der Waals surface area contributed by atoms with Gasteiger partial charge in [-0.15, -0.1) is 0 Å². The number of halogens is 2. The lowest BCUT2D eigenvalue weighted by Gasteiger charge is -2.30. The molecule has 0 unspecified atom stereocenters. The van der Waals surface area contributed by atoms with Crippen LogP contribution in [-0.4, -0.2) is 14.1 Å². The predicted molar refractivity (Wildman–Crippen MR) is 82.7 cm³/mol. The molecule has 0 aromatic heterocycles. The van der Waals surface area contributed by atoms with Crippen molar-refractivity contribution >= 4 is 21.6 Å². The summed E-state index contributed by atoms with van der Waals surface area (Å²) < 4.78 is 2.05. The van der Waals surface area contributed by atoms with Gasteiger partial charge in [-0.3, -0.25) is 4.48 Å². The molecule has 0 aliphatic carbocycles. The summed E-state index contributed by atoms with van der Waals surface area (Å²) in [5.41, 5.74) is 3.96. The Balaban J connectivity index is 0.00000180. The van der Waals surface area contributed by atoms with Gasteiger partial charge in [-0.05, 0) is 28.4 Å². The molecule has 2 aromatic rings. The summed E-state index contributed by atoms with van der Waals surface area (Å²) in [4.78, 5) is 0. The van der Waals surface area contributed by atoms with E-state index in [0.29, 0.717) is 0 Å². The molecule has 0 spiro atoms. The summed E-state index contributed by atoms with van der Waals surface area (Å²) in [5, 5.41) is 0. The molecule has 3 heteroatoms. The molecule has 0 heterocycles. The Bertz CT molecular complexity index is 536. The highest BCUT2D eigenvalue weighted by molar-refractivity contribution is 9.10. The van der Waals surface area contributed by atoms with Crippen molar-refractivity contribution in [2.45, 2.75) is 13.5 Å². The third-order valence-electron chi connectivity index (χ3n) is 3.24. The van der Waals surface area contributed by atoms with E-state index in [2.05, 4.69) is 85.5 Å². The molecule has 0 saturated heterocycles. The van der Waals surface area contributed by atoms with Crippen molar-refractivity contribution in [3.05, 3.63) is 64.1 Å². The van der Waals surface area contributed by atoms with Gasteiger partial charge in [0.1, 0.15) is 12.2 Å². The average molecular weight is 385 g/mol. The number of nitrogens with zero attached hydrogens (tertiary/aromatic N) is 1. The van der Waals surface area contributed by atoms with Crippen LogP contribution < -0.4 is 21.5 Å². The van der Waals surface area contributed by atoms with Gasteiger partial charge in [-0.25, -0.2) is 0 Å². The minimum absolute atomic E-state index is 0. The van der Waals surface area contributed by atoms with E-state index in [1.807, 2.05) is 0 Å². The molecule has 2 rings (SSSR count). The first-order chi connectivity index (χ1) is 8.50. The first-order valence-corrected chi connectivity index (χ1v) is 6.92. The van der Waals surface area contributed by atoms with Crippen LogP contribution in [0.1, 0.15) is 11.1 Å². The quantitative estimate of drug-likeness (QED) is 0.704. The molecule has 0 aliphatic rings. The zero-order chi connectivity index (χ0) is 13.2.